The van der Waals surface area contributed by atoms with Crippen molar-refractivity contribution in [2.45, 2.75) is 51.0 Å². The predicted octanol–water partition coefficient (Wildman–Crippen LogP) is 2.47. The third kappa shape index (κ3) is 1.93. The molecule has 0 spiro atoms. The van der Waals surface area contributed by atoms with Crippen LogP contribution < -0.4 is 5.73 Å². The molecule has 3 heteroatoms. The Labute approximate surface area is 116 Å². The fourth-order valence-electron chi connectivity index (χ4n) is 6.01. The summed E-state index contributed by atoms with van der Waals surface area (Å²) in [5.41, 5.74) is 7.05. The summed E-state index contributed by atoms with van der Waals surface area (Å²) in [5.74, 6) is 5.11. The predicted molar refractivity (Wildman–Crippen MR) is 77.8 cm³/mol. The number of nitrogens with zero attached hydrogens (tertiary/aromatic N) is 2. The van der Waals surface area contributed by atoms with Gasteiger partial charge in [-0.25, -0.2) is 0 Å². The Hall–Kier alpha value is -0.570. The van der Waals surface area contributed by atoms with E-state index in [9.17, 15) is 0 Å². The molecule has 5 aliphatic rings. The van der Waals surface area contributed by atoms with Gasteiger partial charge in [0.05, 0.1) is 6.04 Å². The highest BCUT2D eigenvalue weighted by atomic mass is 15.5. The van der Waals surface area contributed by atoms with Gasteiger partial charge in [0.15, 0.2) is 0 Å². The van der Waals surface area contributed by atoms with Crippen LogP contribution in [0.25, 0.3) is 0 Å². The molecule has 0 radical (unpaired) electrons. The minimum absolute atomic E-state index is 0.691. The SMILES string of the molecule is CN1N=C(CCN)CC1C1C2CC3CC(C2)CC1C3. The van der Waals surface area contributed by atoms with Gasteiger partial charge in [0.25, 0.3) is 0 Å². The minimum Gasteiger partial charge on any atom is -0.330 e. The molecule has 4 bridgehead atoms. The van der Waals surface area contributed by atoms with Crippen LogP contribution in [0.15, 0.2) is 5.10 Å². The average Bonchev–Trinajstić information content (AvgIpc) is 2.69. The summed E-state index contributed by atoms with van der Waals surface area (Å²) >= 11 is 0. The smallest absolute Gasteiger partial charge is 0.0553 e. The van der Waals surface area contributed by atoms with Crippen LogP contribution in [0.2, 0.25) is 0 Å². The zero-order valence-electron chi connectivity index (χ0n) is 12.1. The largest absolute Gasteiger partial charge is 0.330 e. The van der Waals surface area contributed by atoms with Gasteiger partial charge in [-0.3, -0.25) is 5.01 Å². The van der Waals surface area contributed by atoms with Crippen molar-refractivity contribution >= 4 is 5.71 Å². The maximum absolute atomic E-state index is 5.69. The number of hydrogen-bond donors (Lipinski definition) is 1. The molecular weight excluding hydrogens is 234 g/mol. The van der Waals surface area contributed by atoms with Crippen molar-refractivity contribution in [3.63, 3.8) is 0 Å². The second-order valence-corrected chi connectivity index (χ2v) is 7.56. The Bertz CT molecular complexity index is 361. The van der Waals surface area contributed by atoms with E-state index in [2.05, 4.69) is 12.1 Å². The normalized spacial score (nSPS) is 47.9. The van der Waals surface area contributed by atoms with E-state index >= 15 is 0 Å². The summed E-state index contributed by atoms with van der Waals surface area (Å²) in [4.78, 5) is 0. The molecule has 1 heterocycles. The molecule has 1 unspecified atom stereocenters. The summed E-state index contributed by atoms with van der Waals surface area (Å²) in [7, 11) is 2.19. The molecule has 0 aromatic rings. The van der Waals surface area contributed by atoms with E-state index in [0.717, 1.165) is 42.6 Å². The van der Waals surface area contributed by atoms with Crippen LogP contribution in [-0.2, 0) is 0 Å². The lowest BCUT2D eigenvalue weighted by Gasteiger charge is -2.56. The van der Waals surface area contributed by atoms with Crippen LogP contribution >= 0.6 is 0 Å². The minimum atomic E-state index is 0.691. The van der Waals surface area contributed by atoms with Crippen LogP contribution in [-0.4, -0.2) is 30.4 Å². The molecule has 106 valence electrons. The van der Waals surface area contributed by atoms with Crippen molar-refractivity contribution in [2.75, 3.05) is 13.6 Å². The first-order valence-corrected chi connectivity index (χ1v) is 8.24. The zero-order chi connectivity index (χ0) is 13.0. The summed E-state index contributed by atoms with van der Waals surface area (Å²) in [6, 6.07) is 0.691. The van der Waals surface area contributed by atoms with E-state index in [-0.39, 0.29) is 0 Å². The molecule has 4 saturated carbocycles. The number of hydrogen-bond acceptors (Lipinski definition) is 3. The summed E-state index contributed by atoms with van der Waals surface area (Å²) < 4.78 is 0. The molecule has 19 heavy (non-hydrogen) atoms. The van der Waals surface area contributed by atoms with Crippen molar-refractivity contribution in [3.05, 3.63) is 0 Å². The molecular formula is C16H27N3. The van der Waals surface area contributed by atoms with Crippen molar-refractivity contribution in [3.8, 4) is 0 Å². The van der Waals surface area contributed by atoms with Crippen LogP contribution in [0.5, 0.6) is 0 Å². The summed E-state index contributed by atoms with van der Waals surface area (Å²) in [6.45, 7) is 0.751. The van der Waals surface area contributed by atoms with Gasteiger partial charge in [0.1, 0.15) is 0 Å². The molecule has 4 fully saturated rings. The number of rotatable bonds is 3. The maximum Gasteiger partial charge on any atom is 0.0553 e. The topological polar surface area (TPSA) is 41.6 Å². The first kappa shape index (κ1) is 12.2. The highest BCUT2D eigenvalue weighted by molar-refractivity contribution is 5.86. The third-order valence-electron chi connectivity index (χ3n) is 6.40. The van der Waals surface area contributed by atoms with Gasteiger partial charge in [-0.05, 0) is 74.7 Å². The zero-order valence-corrected chi connectivity index (χ0v) is 12.1. The molecule has 0 amide bonds. The molecule has 1 aliphatic heterocycles. The molecule has 1 atom stereocenters. The van der Waals surface area contributed by atoms with Gasteiger partial charge in [0.2, 0.25) is 0 Å². The van der Waals surface area contributed by atoms with Crippen molar-refractivity contribution in [2.24, 2.45) is 40.4 Å². The highest BCUT2D eigenvalue weighted by Gasteiger charge is 2.52. The van der Waals surface area contributed by atoms with Gasteiger partial charge in [-0.2, -0.15) is 5.10 Å². The van der Waals surface area contributed by atoms with E-state index in [1.165, 1.54) is 37.8 Å². The Morgan fingerprint density at radius 3 is 2.32 bits per heavy atom. The number of hydrazone groups is 1. The van der Waals surface area contributed by atoms with Crippen molar-refractivity contribution in [1.82, 2.24) is 5.01 Å². The second-order valence-electron chi connectivity index (χ2n) is 7.56. The molecule has 0 aromatic heterocycles. The van der Waals surface area contributed by atoms with Gasteiger partial charge >= 0.3 is 0 Å². The van der Waals surface area contributed by atoms with Crippen LogP contribution in [0.3, 0.4) is 0 Å². The van der Waals surface area contributed by atoms with E-state index in [1.807, 2.05) is 0 Å². The Kier molecular flexibility index (Phi) is 2.87. The lowest BCUT2D eigenvalue weighted by atomic mass is 9.50. The lowest BCUT2D eigenvalue weighted by molar-refractivity contribution is -0.0660. The quantitative estimate of drug-likeness (QED) is 0.848. The van der Waals surface area contributed by atoms with Crippen LogP contribution in [0.1, 0.15) is 44.9 Å². The van der Waals surface area contributed by atoms with E-state index < -0.39 is 0 Å². The molecule has 0 aromatic carbocycles. The van der Waals surface area contributed by atoms with E-state index in [1.54, 1.807) is 6.42 Å². The molecule has 3 nitrogen and oxygen atoms in total. The first-order chi connectivity index (χ1) is 9.24. The van der Waals surface area contributed by atoms with Crippen LogP contribution in [0, 0.1) is 29.6 Å². The fourth-order valence-corrected chi connectivity index (χ4v) is 6.01. The molecule has 4 aliphatic carbocycles. The maximum atomic E-state index is 5.69. The summed E-state index contributed by atoms with van der Waals surface area (Å²) in [5, 5.41) is 7.05. The number of nitrogens with two attached hydrogens (primary N) is 1. The Balaban J connectivity index is 1.51. The molecule has 2 N–H and O–H groups in total. The summed E-state index contributed by atoms with van der Waals surface area (Å²) in [6.07, 6.45) is 9.83. The molecule has 0 saturated heterocycles. The van der Waals surface area contributed by atoms with Gasteiger partial charge in [-0.1, -0.05) is 0 Å². The fraction of sp³-hybridized carbons (Fsp3) is 0.938. The van der Waals surface area contributed by atoms with Crippen LogP contribution in [0.4, 0.5) is 0 Å². The molecule has 5 rings (SSSR count). The monoisotopic (exact) mass is 261 g/mol. The highest BCUT2D eigenvalue weighted by Crippen LogP contribution is 2.58. The second kappa shape index (κ2) is 4.47. The Morgan fingerprint density at radius 2 is 1.74 bits per heavy atom. The lowest BCUT2D eigenvalue weighted by Crippen LogP contribution is -2.51. The van der Waals surface area contributed by atoms with Gasteiger partial charge < -0.3 is 5.73 Å². The van der Waals surface area contributed by atoms with Crippen molar-refractivity contribution in [1.29, 1.82) is 0 Å². The Morgan fingerprint density at radius 1 is 1.11 bits per heavy atom. The van der Waals surface area contributed by atoms with E-state index in [4.69, 9.17) is 10.8 Å². The van der Waals surface area contributed by atoms with Crippen molar-refractivity contribution < 1.29 is 0 Å². The third-order valence-corrected chi connectivity index (χ3v) is 6.40. The average molecular weight is 261 g/mol. The van der Waals surface area contributed by atoms with Gasteiger partial charge in [-0.15, -0.1) is 0 Å². The first-order valence-electron chi connectivity index (χ1n) is 8.24. The van der Waals surface area contributed by atoms with Gasteiger partial charge in [0, 0.05) is 19.2 Å². The standard InChI is InChI=1S/C16H27N3/c1-19-15(9-14(18-19)2-3-17)16-12-5-10-4-11(7-12)8-13(16)6-10/h10-13,15-16H,2-9,17H2,1H3. The van der Waals surface area contributed by atoms with E-state index in [0.29, 0.717) is 6.04 Å².